The van der Waals surface area contributed by atoms with Gasteiger partial charge in [-0.05, 0) is 18.8 Å². The number of halogens is 4. The number of carbonyl (C=O) groups excluding carboxylic acids is 1. The average Bonchev–Trinajstić information content (AvgIpc) is 2.81. The minimum absolute atomic E-state index is 0. The summed E-state index contributed by atoms with van der Waals surface area (Å²) in [4.78, 5) is 10.9. The number of esters is 1. The molecule has 1 aliphatic rings. The smallest absolute Gasteiger partial charge is 0.417 e. The number of ether oxygens (including phenoxy) is 1. The molecule has 7 heteroatoms. The van der Waals surface area contributed by atoms with Crippen molar-refractivity contribution < 1.29 is 22.7 Å². The van der Waals surface area contributed by atoms with E-state index in [2.05, 4.69) is 4.74 Å². The summed E-state index contributed by atoms with van der Waals surface area (Å²) in [5, 5.41) is 0. The van der Waals surface area contributed by atoms with E-state index in [1.165, 1.54) is 0 Å². The summed E-state index contributed by atoms with van der Waals surface area (Å²) in [6.45, 7) is 0. The van der Waals surface area contributed by atoms with Crippen molar-refractivity contribution in [1.82, 2.24) is 0 Å². The van der Waals surface area contributed by atoms with Gasteiger partial charge in [0.1, 0.15) is 0 Å². The number of methoxy groups -OCH3 is 1. The first-order valence-corrected chi connectivity index (χ1v) is 3.78. The van der Waals surface area contributed by atoms with Gasteiger partial charge >= 0.3 is 12.1 Å². The predicted octanol–water partition coefficient (Wildman–Crippen LogP) is 1.25. The van der Waals surface area contributed by atoms with Crippen molar-refractivity contribution in [3.63, 3.8) is 0 Å². The van der Waals surface area contributed by atoms with Gasteiger partial charge in [-0.15, -0.1) is 12.4 Å². The highest BCUT2D eigenvalue weighted by atomic mass is 35.5. The summed E-state index contributed by atoms with van der Waals surface area (Å²) >= 11 is 0. The van der Waals surface area contributed by atoms with E-state index >= 15 is 0 Å². The second-order valence-electron chi connectivity index (χ2n) is 3.13. The first-order valence-electron chi connectivity index (χ1n) is 3.78. The Morgan fingerprint density at radius 1 is 1.43 bits per heavy atom. The molecule has 84 valence electrons. The van der Waals surface area contributed by atoms with Gasteiger partial charge in [-0.3, -0.25) is 0 Å². The van der Waals surface area contributed by atoms with E-state index in [9.17, 15) is 18.0 Å². The third kappa shape index (κ3) is 1.95. The second-order valence-corrected chi connectivity index (χ2v) is 3.13. The van der Waals surface area contributed by atoms with Crippen molar-refractivity contribution in [2.24, 2.45) is 11.7 Å². The maximum absolute atomic E-state index is 12.4. The van der Waals surface area contributed by atoms with Gasteiger partial charge in [0.05, 0.1) is 7.11 Å². The monoisotopic (exact) mass is 233 g/mol. The van der Waals surface area contributed by atoms with Gasteiger partial charge in [0.2, 0.25) is 5.54 Å². The fourth-order valence-electron chi connectivity index (χ4n) is 1.22. The molecule has 0 amide bonds. The van der Waals surface area contributed by atoms with Crippen LogP contribution < -0.4 is 5.73 Å². The molecule has 1 saturated carbocycles. The maximum atomic E-state index is 12.4. The lowest BCUT2D eigenvalue weighted by atomic mass is 9.94. The van der Waals surface area contributed by atoms with Crippen LogP contribution in [0, 0.1) is 5.92 Å². The number of hydrogen-bond acceptors (Lipinski definition) is 3. The average molecular weight is 234 g/mol. The van der Waals surface area contributed by atoms with Crippen molar-refractivity contribution in [3.8, 4) is 0 Å². The molecule has 2 N–H and O–H groups in total. The van der Waals surface area contributed by atoms with Gasteiger partial charge in [-0.2, -0.15) is 13.2 Å². The van der Waals surface area contributed by atoms with Crippen LogP contribution in [0.3, 0.4) is 0 Å². The Bertz CT molecular complexity index is 229. The van der Waals surface area contributed by atoms with Gasteiger partial charge in [0.15, 0.2) is 0 Å². The molecule has 0 aromatic carbocycles. The van der Waals surface area contributed by atoms with Crippen molar-refractivity contribution in [2.45, 2.75) is 24.6 Å². The van der Waals surface area contributed by atoms with Crippen molar-refractivity contribution in [1.29, 1.82) is 0 Å². The second kappa shape index (κ2) is 3.94. The van der Waals surface area contributed by atoms with E-state index in [0.29, 0.717) is 12.8 Å². The Hall–Kier alpha value is -0.490. The molecule has 0 spiro atoms. The molecule has 1 aliphatic carbocycles. The van der Waals surface area contributed by atoms with Crippen LogP contribution in [0.25, 0.3) is 0 Å². The molecule has 0 bridgehead atoms. The van der Waals surface area contributed by atoms with Crippen LogP contribution in [-0.4, -0.2) is 24.8 Å². The fourth-order valence-corrected chi connectivity index (χ4v) is 1.22. The Kier molecular flexibility index (Phi) is 3.80. The van der Waals surface area contributed by atoms with Gasteiger partial charge in [0, 0.05) is 0 Å². The molecule has 1 fully saturated rings. The summed E-state index contributed by atoms with van der Waals surface area (Å²) in [5.41, 5.74) is 2.23. The largest absolute Gasteiger partial charge is 0.467 e. The highest BCUT2D eigenvalue weighted by Gasteiger charge is 2.66. The third-order valence-electron chi connectivity index (χ3n) is 2.21. The molecule has 0 saturated heterocycles. The normalized spacial score (nSPS) is 20.6. The highest BCUT2D eigenvalue weighted by molar-refractivity contribution is 5.85. The van der Waals surface area contributed by atoms with E-state index in [1.54, 1.807) is 0 Å². The Morgan fingerprint density at radius 3 is 2.07 bits per heavy atom. The van der Waals surface area contributed by atoms with Crippen LogP contribution in [0.1, 0.15) is 12.8 Å². The molecule has 0 aromatic rings. The van der Waals surface area contributed by atoms with E-state index in [0.717, 1.165) is 7.11 Å². The SMILES string of the molecule is COC(=O)C(N)(C1CC1)C(F)(F)F.Cl. The van der Waals surface area contributed by atoms with Crippen molar-refractivity contribution in [2.75, 3.05) is 7.11 Å². The van der Waals surface area contributed by atoms with Crippen LogP contribution in [-0.2, 0) is 9.53 Å². The highest BCUT2D eigenvalue weighted by Crippen LogP contribution is 2.47. The molecular formula is C7H11ClF3NO2. The predicted molar refractivity (Wildman–Crippen MR) is 45.0 cm³/mol. The number of rotatable bonds is 2. The summed E-state index contributed by atoms with van der Waals surface area (Å²) < 4.78 is 41.3. The number of carbonyl (C=O) groups is 1. The number of hydrogen-bond donors (Lipinski definition) is 1. The standard InChI is InChI=1S/C7H10F3NO2.ClH/c1-13-5(12)6(11,4-2-3-4)7(8,9)10;/h4H,2-3,11H2,1H3;1H. The third-order valence-corrected chi connectivity index (χ3v) is 2.21. The first kappa shape index (κ1) is 13.5. The quantitative estimate of drug-likeness (QED) is 0.731. The van der Waals surface area contributed by atoms with E-state index < -0.39 is 23.6 Å². The molecule has 1 unspecified atom stereocenters. The summed E-state index contributed by atoms with van der Waals surface area (Å²) in [5.74, 6) is -2.22. The Balaban J connectivity index is 0.00000169. The van der Waals surface area contributed by atoms with Gasteiger partial charge in [-0.25, -0.2) is 4.79 Å². The molecule has 1 atom stereocenters. The zero-order chi connectivity index (χ0) is 10.3. The van der Waals surface area contributed by atoms with Gasteiger partial charge in [-0.1, -0.05) is 0 Å². The topological polar surface area (TPSA) is 52.3 Å². The lowest BCUT2D eigenvalue weighted by Crippen LogP contribution is -2.61. The van der Waals surface area contributed by atoms with Gasteiger partial charge < -0.3 is 10.5 Å². The van der Waals surface area contributed by atoms with Crippen molar-refractivity contribution in [3.05, 3.63) is 0 Å². The first-order chi connectivity index (χ1) is 5.84. The Labute approximate surface area is 85.2 Å². The van der Waals surface area contributed by atoms with Crippen LogP contribution in [0.5, 0.6) is 0 Å². The van der Waals surface area contributed by atoms with Gasteiger partial charge in [0.25, 0.3) is 0 Å². The minimum atomic E-state index is -4.73. The van der Waals surface area contributed by atoms with Crippen LogP contribution >= 0.6 is 12.4 Å². The zero-order valence-electron chi connectivity index (χ0n) is 7.43. The molecule has 0 aliphatic heterocycles. The summed E-state index contributed by atoms with van der Waals surface area (Å²) in [6.07, 6.45) is -4.09. The van der Waals surface area contributed by atoms with E-state index in [1.807, 2.05) is 0 Å². The lowest BCUT2D eigenvalue weighted by Gasteiger charge is -2.28. The number of nitrogens with two attached hydrogens (primary N) is 1. The molecule has 1 rings (SSSR count). The summed E-state index contributed by atoms with van der Waals surface area (Å²) in [6, 6.07) is 0. The van der Waals surface area contributed by atoms with Crippen LogP contribution in [0.4, 0.5) is 13.2 Å². The minimum Gasteiger partial charge on any atom is -0.467 e. The Morgan fingerprint density at radius 2 is 1.86 bits per heavy atom. The fraction of sp³-hybridized carbons (Fsp3) is 0.857. The summed E-state index contributed by atoms with van der Waals surface area (Å²) in [7, 11) is 0.901. The maximum Gasteiger partial charge on any atom is 0.417 e. The molecular weight excluding hydrogens is 223 g/mol. The van der Waals surface area contributed by atoms with Crippen LogP contribution in [0.15, 0.2) is 0 Å². The molecule has 0 aromatic heterocycles. The molecule has 14 heavy (non-hydrogen) atoms. The molecule has 0 radical (unpaired) electrons. The van der Waals surface area contributed by atoms with Crippen LogP contribution in [0.2, 0.25) is 0 Å². The zero-order valence-corrected chi connectivity index (χ0v) is 8.24. The lowest BCUT2D eigenvalue weighted by molar-refractivity contribution is -0.208. The van der Waals surface area contributed by atoms with E-state index in [-0.39, 0.29) is 12.4 Å². The van der Waals surface area contributed by atoms with E-state index in [4.69, 9.17) is 5.73 Å². The number of alkyl halides is 3. The molecule has 3 nitrogen and oxygen atoms in total. The molecule has 0 heterocycles. The van der Waals surface area contributed by atoms with Crippen molar-refractivity contribution >= 4 is 18.4 Å².